The molecule has 2 N–H and O–H groups in total. The van der Waals surface area contributed by atoms with Gasteiger partial charge in [-0.15, -0.1) is 0 Å². The number of nitrogens with one attached hydrogen (secondary N) is 2. The van der Waals surface area contributed by atoms with Crippen LogP contribution in [0.25, 0.3) is 6.08 Å². The summed E-state index contributed by atoms with van der Waals surface area (Å²) in [5, 5.41) is 5.43. The Bertz CT molecular complexity index is 1080. The highest BCUT2D eigenvalue weighted by Crippen LogP contribution is 2.27. The Morgan fingerprint density at radius 3 is 2.42 bits per heavy atom. The Labute approximate surface area is 188 Å². The molecule has 7 nitrogen and oxygen atoms in total. The van der Waals surface area contributed by atoms with E-state index in [4.69, 9.17) is 13.9 Å². The molecule has 0 spiro atoms. The van der Waals surface area contributed by atoms with Gasteiger partial charge in [-0.2, -0.15) is 0 Å². The highest BCUT2D eigenvalue weighted by Gasteiger charge is 2.17. The van der Waals surface area contributed by atoms with Crippen LogP contribution in [0.15, 0.2) is 75.4 Å². The number of hydrogen-bond donors (Lipinski definition) is 2. The molecule has 0 aliphatic heterocycles. The second-order valence-corrected chi connectivity index (χ2v) is 7.31. The fraction of sp³-hybridized carbons (Fsp3) is 0.130. The van der Waals surface area contributed by atoms with Crippen LogP contribution < -0.4 is 20.1 Å². The Hall–Kier alpha value is -3.52. The monoisotopic (exact) mass is 484 g/mol. The van der Waals surface area contributed by atoms with Gasteiger partial charge in [0.25, 0.3) is 11.8 Å². The first-order valence-electron chi connectivity index (χ1n) is 9.31. The third kappa shape index (κ3) is 5.99. The smallest absolute Gasteiger partial charge is 0.268 e. The molecular formula is C23H21BrN2O5. The number of rotatable bonds is 8. The standard InChI is InChI=1S/C23H21BrN2O5/c1-29-20-10-7-16(13-21(20)30-2)22(27)26-19(12-15-5-8-17(24)9-6-15)23(28)25-14-18-4-3-11-31-18/h3-13H,14H2,1-2H3,(H,25,28)(H,26,27). The number of carbonyl (C=O) groups is 2. The normalized spacial score (nSPS) is 11.0. The molecule has 2 amide bonds. The molecule has 0 unspecified atom stereocenters. The number of benzene rings is 2. The molecule has 0 atom stereocenters. The van der Waals surface area contributed by atoms with E-state index in [2.05, 4.69) is 26.6 Å². The Kier molecular flexibility index (Phi) is 7.50. The zero-order valence-corrected chi connectivity index (χ0v) is 18.6. The highest BCUT2D eigenvalue weighted by molar-refractivity contribution is 9.10. The predicted molar refractivity (Wildman–Crippen MR) is 120 cm³/mol. The summed E-state index contributed by atoms with van der Waals surface area (Å²) in [6.07, 6.45) is 3.13. The first kappa shape index (κ1) is 22.2. The van der Waals surface area contributed by atoms with Crippen molar-refractivity contribution in [2.24, 2.45) is 0 Å². The molecule has 0 aliphatic rings. The number of furan rings is 1. The predicted octanol–water partition coefficient (Wildman–Crippen LogP) is 4.15. The van der Waals surface area contributed by atoms with Crippen LogP contribution in [-0.4, -0.2) is 26.0 Å². The fourth-order valence-corrected chi connectivity index (χ4v) is 3.00. The molecule has 0 saturated carbocycles. The average Bonchev–Trinajstić information content (AvgIpc) is 3.31. The van der Waals surface area contributed by atoms with Gasteiger partial charge < -0.3 is 24.5 Å². The van der Waals surface area contributed by atoms with Crippen LogP contribution >= 0.6 is 15.9 Å². The number of hydrogen-bond acceptors (Lipinski definition) is 5. The number of ether oxygens (including phenoxy) is 2. The number of halogens is 1. The van der Waals surface area contributed by atoms with Gasteiger partial charge in [-0.3, -0.25) is 9.59 Å². The van der Waals surface area contributed by atoms with Crippen molar-refractivity contribution in [3.63, 3.8) is 0 Å². The van der Waals surface area contributed by atoms with E-state index in [1.54, 1.807) is 36.4 Å². The van der Waals surface area contributed by atoms with E-state index in [0.717, 1.165) is 10.0 Å². The van der Waals surface area contributed by atoms with Crippen LogP contribution in [0.4, 0.5) is 0 Å². The van der Waals surface area contributed by atoms with Crippen molar-refractivity contribution in [1.29, 1.82) is 0 Å². The lowest BCUT2D eigenvalue weighted by atomic mass is 10.1. The molecule has 160 valence electrons. The minimum Gasteiger partial charge on any atom is -0.493 e. The molecule has 31 heavy (non-hydrogen) atoms. The van der Waals surface area contributed by atoms with Gasteiger partial charge in [0.15, 0.2) is 11.5 Å². The van der Waals surface area contributed by atoms with Gasteiger partial charge in [-0.25, -0.2) is 0 Å². The van der Waals surface area contributed by atoms with Crippen molar-refractivity contribution in [2.45, 2.75) is 6.54 Å². The number of methoxy groups -OCH3 is 2. The lowest BCUT2D eigenvalue weighted by molar-refractivity contribution is -0.118. The van der Waals surface area contributed by atoms with E-state index in [0.29, 0.717) is 22.8 Å². The summed E-state index contributed by atoms with van der Waals surface area (Å²) < 4.78 is 16.6. The average molecular weight is 485 g/mol. The number of carbonyl (C=O) groups excluding carboxylic acids is 2. The zero-order chi connectivity index (χ0) is 22.2. The maximum atomic E-state index is 12.9. The van der Waals surface area contributed by atoms with Gasteiger partial charge in [-0.1, -0.05) is 28.1 Å². The third-order valence-corrected chi connectivity index (χ3v) is 4.85. The van der Waals surface area contributed by atoms with Crippen molar-refractivity contribution in [3.8, 4) is 11.5 Å². The van der Waals surface area contributed by atoms with Crippen LogP contribution in [0, 0.1) is 0 Å². The lowest BCUT2D eigenvalue weighted by Crippen LogP contribution is -2.34. The minimum absolute atomic E-state index is 0.0914. The van der Waals surface area contributed by atoms with Crippen LogP contribution in [0.1, 0.15) is 21.7 Å². The highest BCUT2D eigenvalue weighted by atomic mass is 79.9. The molecule has 3 aromatic rings. The Morgan fingerprint density at radius 1 is 1.03 bits per heavy atom. The van der Waals surface area contributed by atoms with Gasteiger partial charge in [0.2, 0.25) is 0 Å². The maximum Gasteiger partial charge on any atom is 0.268 e. The molecule has 8 heteroatoms. The van der Waals surface area contributed by atoms with E-state index in [9.17, 15) is 9.59 Å². The molecule has 0 aliphatic carbocycles. The largest absolute Gasteiger partial charge is 0.493 e. The first-order valence-corrected chi connectivity index (χ1v) is 10.1. The van der Waals surface area contributed by atoms with Crippen molar-refractivity contribution < 1.29 is 23.5 Å². The summed E-state index contributed by atoms with van der Waals surface area (Å²) in [6.45, 7) is 0.190. The maximum absolute atomic E-state index is 12.9. The van der Waals surface area contributed by atoms with Gasteiger partial charge in [0.05, 0.1) is 27.0 Å². The quantitative estimate of drug-likeness (QED) is 0.468. The van der Waals surface area contributed by atoms with Crippen molar-refractivity contribution >= 4 is 33.8 Å². The third-order valence-electron chi connectivity index (χ3n) is 4.32. The van der Waals surface area contributed by atoms with E-state index in [-0.39, 0.29) is 12.2 Å². The van der Waals surface area contributed by atoms with Crippen molar-refractivity contribution in [2.75, 3.05) is 14.2 Å². The second kappa shape index (κ2) is 10.5. The summed E-state index contributed by atoms with van der Waals surface area (Å²) in [6, 6.07) is 15.6. The topological polar surface area (TPSA) is 89.8 Å². The molecule has 0 saturated heterocycles. The van der Waals surface area contributed by atoms with Crippen LogP contribution in [0.5, 0.6) is 11.5 Å². The van der Waals surface area contributed by atoms with Crippen molar-refractivity contribution in [3.05, 3.63) is 87.9 Å². The summed E-state index contributed by atoms with van der Waals surface area (Å²) >= 11 is 3.38. The second-order valence-electron chi connectivity index (χ2n) is 6.40. The number of amides is 2. The van der Waals surface area contributed by atoms with Gasteiger partial charge in [0.1, 0.15) is 11.5 Å². The molecule has 1 aromatic heterocycles. The summed E-state index contributed by atoms with van der Waals surface area (Å²) in [5.74, 6) is 0.602. The van der Waals surface area contributed by atoms with E-state index >= 15 is 0 Å². The first-order chi connectivity index (χ1) is 15.0. The van der Waals surface area contributed by atoms with Gasteiger partial charge in [-0.05, 0) is 54.1 Å². The summed E-state index contributed by atoms with van der Waals surface area (Å²) in [4.78, 5) is 25.7. The van der Waals surface area contributed by atoms with Crippen LogP contribution in [0.3, 0.4) is 0 Å². The lowest BCUT2D eigenvalue weighted by Gasteiger charge is -2.12. The Balaban J connectivity index is 1.83. The van der Waals surface area contributed by atoms with Gasteiger partial charge in [0, 0.05) is 10.0 Å². The van der Waals surface area contributed by atoms with Gasteiger partial charge >= 0.3 is 0 Å². The van der Waals surface area contributed by atoms with E-state index in [1.807, 2.05) is 24.3 Å². The molecule has 1 heterocycles. The molecule has 0 fully saturated rings. The van der Waals surface area contributed by atoms with Crippen molar-refractivity contribution in [1.82, 2.24) is 10.6 Å². The van der Waals surface area contributed by atoms with E-state index in [1.165, 1.54) is 20.5 Å². The molecule has 0 radical (unpaired) electrons. The summed E-state index contributed by atoms with van der Waals surface area (Å²) in [7, 11) is 3.00. The fourth-order valence-electron chi connectivity index (χ4n) is 2.73. The Morgan fingerprint density at radius 2 is 1.77 bits per heavy atom. The molecular weight excluding hydrogens is 464 g/mol. The van der Waals surface area contributed by atoms with Crippen LogP contribution in [-0.2, 0) is 11.3 Å². The molecule has 2 aromatic carbocycles. The zero-order valence-electron chi connectivity index (χ0n) is 17.0. The molecule has 0 bridgehead atoms. The minimum atomic E-state index is -0.461. The summed E-state index contributed by atoms with van der Waals surface area (Å²) in [5.41, 5.74) is 1.16. The van der Waals surface area contributed by atoms with Crippen LogP contribution in [0.2, 0.25) is 0 Å². The van der Waals surface area contributed by atoms with E-state index < -0.39 is 11.8 Å². The molecule has 3 rings (SSSR count). The SMILES string of the molecule is COc1ccc(C(=O)NC(=Cc2ccc(Br)cc2)C(=O)NCc2ccco2)cc1OC.